The van der Waals surface area contributed by atoms with Gasteiger partial charge in [0.2, 0.25) is 0 Å². The molecule has 0 radical (unpaired) electrons. The van der Waals surface area contributed by atoms with E-state index in [0.717, 1.165) is 5.56 Å². The molecular formula is C16H18N2O4. The lowest BCUT2D eigenvalue weighted by Gasteiger charge is -2.36. The zero-order valence-corrected chi connectivity index (χ0v) is 12.1. The first kappa shape index (κ1) is 14.7. The fourth-order valence-electron chi connectivity index (χ4n) is 2.56. The Bertz CT molecular complexity index is 645. The second-order valence-corrected chi connectivity index (χ2v) is 5.62. The van der Waals surface area contributed by atoms with Crippen LogP contribution in [-0.4, -0.2) is 51.5 Å². The van der Waals surface area contributed by atoms with Gasteiger partial charge in [-0.05, 0) is 12.8 Å². The number of hydrogen-bond acceptors (Lipinski definition) is 5. The molecule has 1 aromatic carbocycles. The van der Waals surface area contributed by atoms with Crippen LogP contribution in [0, 0.1) is 0 Å². The van der Waals surface area contributed by atoms with Gasteiger partial charge in [0.1, 0.15) is 0 Å². The van der Waals surface area contributed by atoms with E-state index in [1.54, 1.807) is 11.0 Å². The number of rotatable bonds is 3. The molecule has 2 aromatic rings. The molecule has 1 saturated heterocycles. The summed E-state index contributed by atoms with van der Waals surface area (Å²) < 4.78 is 5.24. The molecule has 0 atom stereocenters. The number of nitrogens with zero attached hydrogens (tertiary/aromatic N) is 2. The molecule has 1 aliphatic heterocycles. The molecule has 6 nitrogen and oxygen atoms in total. The van der Waals surface area contributed by atoms with E-state index in [0.29, 0.717) is 31.7 Å². The Labute approximate surface area is 128 Å². The van der Waals surface area contributed by atoms with Gasteiger partial charge in [0, 0.05) is 24.7 Å². The summed E-state index contributed by atoms with van der Waals surface area (Å²) in [7, 11) is 0. The zero-order chi connectivity index (χ0) is 15.6. The summed E-state index contributed by atoms with van der Waals surface area (Å²) in [4.78, 5) is 14.0. The number of aliphatic hydroxyl groups is 2. The van der Waals surface area contributed by atoms with Crippen molar-refractivity contribution >= 4 is 5.91 Å². The van der Waals surface area contributed by atoms with E-state index in [9.17, 15) is 9.90 Å². The Morgan fingerprint density at radius 1 is 1.27 bits per heavy atom. The maximum atomic E-state index is 12.4. The number of amides is 1. The Morgan fingerprint density at radius 3 is 2.59 bits per heavy atom. The van der Waals surface area contributed by atoms with Crippen LogP contribution in [0.3, 0.4) is 0 Å². The van der Waals surface area contributed by atoms with Crippen molar-refractivity contribution in [2.45, 2.75) is 18.4 Å². The van der Waals surface area contributed by atoms with Gasteiger partial charge in [0.25, 0.3) is 5.91 Å². The summed E-state index contributed by atoms with van der Waals surface area (Å²) in [6.07, 6.45) is 0.720. The average molecular weight is 302 g/mol. The van der Waals surface area contributed by atoms with Crippen molar-refractivity contribution in [3.05, 3.63) is 42.1 Å². The molecule has 6 heteroatoms. The fourth-order valence-corrected chi connectivity index (χ4v) is 2.56. The highest BCUT2D eigenvalue weighted by atomic mass is 16.5. The summed E-state index contributed by atoms with van der Waals surface area (Å²) in [6, 6.07) is 11.1. The Morgan fingerprint density at radius 2 is 1.95 bits per heavy atom. The lowest BCUT2D eigenvalue weighted by molar-refractivity contribution is -0.0547. The molecule has 2 heterocycles. The molecule has 3 rings (SSSR count). The fraction of sp³-hybridized carbons (Fsp3) is 0.375. The van der Waals surface area contributed by atoms with E-state index in [2.05, 4.69) is 5.16 Å². The smallest absolute Gasteiger partial charge is 0.276 e. The van der Waals surface area contributed by atoms with Crippen molar-refractivity contribution in [2.75, 3.05) is 19.7 Å². The molecule has 0 unspecified atom stereocenters. The lowest BCUT2D eigenvalue weighted by Crippen LogP contribution is -2.48. The highest BCUT2D eigenvalue weighted by molar-refractivity contribution is 5.93. The highest BCUT2D eigenvalue weighted by Crippen LogP contribution is 2.24. The van der Waals surface area contributed by atoms with Crippen LogP contribution in [0.15, 0.2) is 40.9 Å². The van der Waals surface area contributed by atoms with E-state index < -0.39 is 5.60 Å². The number of carbonyl (C=O) groups excluding carboxylic acids is 1. The van der Waals surface area contributed by atoms with Crippen LogP contribution in [-0.2, 0) is 0 Å². The van der Waals surface area contributed by atoms with Crippen molar-refractivity contribution in [1.82, 2.24) is 10.1 Å². The van der Waals surface area contributed by atoms with Crippen molar-refractivity contribution in [1.29, 1.82) is 0 Å². The lowest BCUT2D eigenvalue weighted by atomic mass is 9.92. The van der Waals surface area contributed by atoms with Gasteiger partial charge in [-0.1, -0.05) is 35.5 Å². The normalized spacial score (nSPS) is 17.5. The van der Waals surface area contributed by atoms with Gasteiger partial charge in [-0.25, -0.2) is 0 Å². The number of hydrogen-bond donors (Lipinski definition) is 2. The van der Waals surface area contributed by atoms with Crippen LogP contribution in [0.4, 0.5) is 0 Å². The minimum absolute atomic E-state index is 0.217. The molecule has 0 bridgehead atoms. The Hall–Kier alpha value is -2.18. The predicted octanol–water partition coefficient (Wildman–Crippen LogP) is 1.30. The first-order valence-electron chi connectivity index (χ1n) is 7.26. The van der Waals surface area contributed by atoms with Gasteiger partial charge >= 0.3 is 0 Å². The third-order valence-electron chi connectivity index (χ3n) is 4.06. The van der Waals surface area contributed by atoms with Gasteiger partial charge in [0.05, 0.1) is 12.2 Å². The number of benzene rings is 1. The van der Waals surface area contributed by atoms with E-state index in [1.165, 1.54) is 0 Å². The quantitative estimate of drug-likeness (QED) is 0.892. The standard InChI is InChI=1S/C16H18N2O4/c19-11-16(21)6-8-18(9-7-16)15(20)13-10-14(22-17-13)12-4-2-1-3-5-12/h1-5,10,19,21H,6-9,11H2. The van der Waals surface area contributed by atoms with E-state index in [4.69, 9.17) is 9.63 Å². The average Bonchev–Trinajstić information content (AvgIpc) is 3.06. The van der Waals surface area contributed by atoms with Gasteiger partial charge < -0.3 is 19.6 Å². The summed E-state index contributed by atoms with van der Waals surface area (Å²) >= 11 is 0. The molecule has 1 fully saturated rings. The second kappa shape index (κ2) is 5.90. The maximum absolute atomic E-state index is 12.4. The largest absolute Gasteiger partial charge is 0.393 e. The second-order valence-electron chi connectivity index (χ2n) is 5.62. The molecule has 0 aliphatic carbocycles. The van der Waals surface area contributed by atoms with Gasteiger partial charge in [0.15, 0.2) is 11.5 Å². The summed E-state index contributed by atoms with van der Waals surface area (Å²) in [5.41, 5.74) is 0.0474. The van der Waals surface area contributed by atoms with Crippen molar-refractivity contribution in [3.63, 3.8) is 0 Å². The van der Waals surface area contributed by atoms with Gasteiger partial charge in [-0.2, -0.15) is 0 Å². The monoisotopic (exact) mass is 302 g/mol. The van der Waals surface area contributed by atoms with Crippen LogP contribution in [0.2, 0.25) is 0 Å². The molecule has 1 aromatic heterocycles. The summed E-state index contributed by atoms with van der Waals surface area (Å²) in [5.74, 6) is 0.332. The SMILES string of the molecule is O=C(c1cc(-c2ccccc2)on1)N1CCC(O)(CO)CC1. The molecular weight excluding hydrogens is 284 g/mol. The van der Waals surface area contributed by atoms with Crippen LogP contribution in [0.5, 0.6) is 0 Å². The third-order valence-corrected chi connectivity index (χ3v) is 4.06. The molecule has 1 amide bonds. The first-order chi connectivity index (χ1) is 10.6. The Kier molecular flexibility index (Phi) is 3.96. The predicted molar refractivity (Wildman–Crippen MR) is 79.1 cm³/mol. The van der Waals surface area contributed by atoms with Gasteiger partial charge in [-0.15, -0.1) is 0 Å². The van der Waals surface area contributed by atoms with Crippen LogP contribution >= 0.6 is 0 Å². The van der Waals surface area contributed by atoms with Gasteiger partial charge in [-0.3, -0.25) is 4.79 Å². The molecule has 0 spiro atoms. The topological polar surface area (TPSA) is 86.8 Å². The number of carbonyl (C=O) groups is 1. The first-order valence-corrected chi connectivity index (χ1v) is 7.26. The van der Waals surface area contributed by atoms with E-state index in [-0.39, 0.29) is 18.2 Å². The van der Waals surface area contributed by atoms with E-state index >= 15 is 0 Å². The van der Waals surface area contributed by atoms with Crippen LogP contribution in [0.25, 0.3) is 11.3 Å². The van der Waals surface area contributed by atoms with Crippen LogP contribution in [0.1, 0.15) is 23.3 Å². The highest BCUT2D eigenvalue weighted by Gasteiger charge is 2.34. The molecule has 1 aliphatic rings. The minimum atomic E-state index is -1.07. The number of aliphatic hydroxyl groups excluding tert-OH is 1. The number of aromatic nitrogens is 1. The van der Waals surface area contributed by atoms with Crippen molar-refractivity contribution in [2.24, 2.45) is 0 Å². The third kappa shape index (κ3) is 2.88. The van der Waals surface area contributed by atoms with Crippen molar-refractivity contribution in [3.8, 4) is 11.3 Å². The molecule has 22 heavy (non-hydrogen) atoms. The van der Waals surface area contributed by atoms with Crippen molar-refractivity contribution < 1.29 is 19.5 Å². The molecule has 2 N–H and O–H groups in total. The summed E-state index contributed by atoms with van der Waals surface area (Å²) in [5, 5.41) is 23.0. The zero-order valence-electron chi connectivity index (χ0n) is 12.1. The van der Waals surface area contributed by atoms with Crippen LogP contribution < -0.4 is 0 Å². The number of likely N-dealkylation sites (tertiary alicyclic amines) is 1. The number of piperidine rings is 1. The maximum Gasteiger partial charge on any atom is 0.276 e. The molecule has 0 saturated carbocycles. The summed E-state index contributed by atoms with van der Waals surface area (Å²) in [6.45, 7) is 0.504. The minimum Gasteiger partial charge on any atom is -0.393 e. The van der Waals surface area contributed by atoms with E-state index in [1.807, 2.05) is 30.3 Å². The molecule has 116 valence electrons. The Balaban J connectivity index is 1.70.